The van der Waals surface area contributed by atoms with Crippen molar-refractivity contribution < 1.29 is 14.1 Å². The number of aliphatic hydroxyl groups is 1. The SMILES string of the molecule is CS(=O)CCNC(=O)c1sccc1C#CCCO. The number of hydrogen-bond acceptors (Lipinski definition) is 4. The topological polar surface area (TPSA) is 66.4 Å². The average Bonchev–Trinajstić information content (AvgIpc) is 2.77. The maximum Gasteiger partial charge on any atom is 0.262 e. The molecule has 0 radical (unpaired) electrons. The van der Waals surface area contributed by atoms with Crippen LogP contribution in [0, 0.1) is 11.8 Å². The molecule has 1 aromatic rings. The molecule has 4 nitrogen and oxygen atoms in total. The number of rotatable bonds is 5. The Morgan fingerprint density at radius 3 is 3.06 bits per heavy atom. The van der Waals surface area contributed by atoms with Gasteiger partial charge >= 0.3 is 0 Å². The minimum absolute atomic E-state index is 0.0149. The molecule has 1 heterocycles. The van der Waals surface area contributed by atoms with Gasteiger partial charge in [0.05, 0.1) is 6.61 Å². The predicted octanol–water partition coefficient (Wildman–Crippen LogP) is 0.590. The van der Waals surface area contributed by atoms with Crippen LogP contribution in [-0.4, -0.2) is 40.4 Å². The van der Waals surface area contributed by atoms with Gasteiger partial charge < -0.3 is 10.4 Å². The molecule has 2 N–H and O–H groups in total. The highest BCUT2D eigenvalue weighted by atomic mass is 32.2. The maximum absolute atomic E-state index is 11.8. The van der Waals surface area contributed by atoms with E-state index in [0.717, 1.165) is 0 Å². The molecule has 0 aliphatic heterocycles. The van der Waals surface area contributed by atoms with Crippen molar-refractivity contribution in [1.82, 2.24) is 5.32 Å². The van der Waals surface area contributed by atoms with Gasteiger partial charge in [-0.1, -0.05) is 11.8 Å². The average molecular weight is 285 g/mol. The van der Waals surface area contributed by atoms with Gasteiger partial charge in [0.25, 0.3) is 5.91 Å². The van der Waals surface area contributed by atoms with Crippen LogP contribution in [0.2, 0.25) is 0 Å². The van der Waals surface area contributed by atoms with Gasteiger partial charge in [0.2, 0.25) is 0 Å². The molecular weight excluding hydrogens is 270 g/mol. The molecule has 0 spiro atoms. The highest BCUT2D eigenvalue weighted by molar-refractivity contribution is 7.84. The Balaban J connectivity index is 2.61. The minimum Gasteiger partial charge on any atom is -0.395 e. The number of amides is 1. The maximum atomic E-state index is 11.8. The van der Waals surface area contributed by atoms with Crippen LogP contribution in [0.4, 0.5) is 0 Å². The molecule has 1 unspecified atom stereocenters. The van der Waals surface area contributed by atoms with Crippen molar-refractivity contribution in [3.63, 3.8) is 0 Å². The molecule has 0 saturated heterocycles. The Morgan fingerprint density at radius 1 is 1.61 bits per heavy atom. The Labute approximate surface area is 113 Å². The first-order chi connectivity index (χ1) is 8.65. The normalized spacial score (nSPS) is 11.4. The van der Waals surface area contributed by atoms with E-state index in [1.54, 1.807) is 17.7 Å². The van der Waals surface area contributed by atoms with E-state index < -0.39 is 10.8 Å². The number of carbonyl (C=O) groups excluding carboxylic acids is 1. The molecule has 1 amide bonds. The third kappa shape index (κ3) is 5.00. The summed E-state index contributed by atoms with van der Waals surface area (Å²) in [6.07, 6.45) is 1.99. The van der Waals surface area contributed by atoms with Crippen LogP contribution >= 0.6 is 11.3 Å². The molecule has 6 heteroatoms. The summed E-state index contributed by atoms with van der Waals surface area (Å²) >= 11 is 1.32. The van der Waals surface area contributed by atoms with Crippen LogP contribution in [0.3, 0.4) is 0 Å². The van der Waals surface area contributed by atoms with Crippen molar-refractivity contribution in [2.75, 3.05) is 25.2 Å². The highest BCUT2D eigenvalue weighted by Crippen LogP contribution is 2.15. The summed E-state index contributed by atoms with van der Waals surface area (Å²) in [5, 5.41) is 13.1. The van der Waals surface area contributed by atoms with E-state index in [2.05, 4.69) is 17.2 Å². The first kappa shape index (κ1) is 14.9. The molecule has 18 heavy (non-hydrogen) atoms. The molecule has 0 aliphatic rings. The van der Waals surface area contributed by atoms with Gasteiger partial charge in [0, 0.05) is 41.3 Å². The van der Waals surface area contributed by atoms with Gasteiger partial charge in [-0.05, 0) is 11.4 Å². The first-order valence-corrected chi connectivity index (χ1v) is 8.01. The lowest BCUT2D eigenvalue weighted by Gasteiger charge is -2.02. The number of aliphatic hydroxyl groups excluding tert-OH is 1. The second-order valence-corrected chi connectivity index (χ2v) is 5.94. The summed E-state index contributed by atoms with van der Waals surface area (Å²) in [5.41, 5.74) is 0.670. The minimum atomic E-state index is -0.907. The summed E-state index contributed by atoms with van der Waals surface area (Å²) < 4.78 is 10.9. The second kappa shape index (κ2) is 8.03. The fourth-order valence-corrected chi connectivity index (χ4v) is 2.34. The van der Waals surface area contributed by atoms with Crippen LogP contribution in [-0.2, 0) is 10.8 Å². The molecule has 98 valence electrons. The smallest absolute Gasteiger partial charge is 0.262 e. The molecular formula is C12H15NO3S2. The second-order valence-electron chi connectivity index (χ2n) is 3.47. The van der Waals surface area contributed by atoms with E-state index in [9.17, 15) is 9.00 Å². The zero-order chi connectivity index (χ0) is 13.4. The lowest BCUT2D eigenvalue weighted by molar-refractivity contribution is 0.0960. The first-order valence-electron chi connectivity index (χ1n) is 5.40. The Morgan fingerprint density at radius 2 is 2.39 bits per heavy atom. The van der Waals surface area contributed by atoms with Crippen molar-refractivity contribution in [3.8, 4) is 11.8 Å². The van der Waals surface area contributed by atoms with Crippen molar-refractivity contribution >= 4 is 28.0 Å². The van der Waals surface area contributed by atoms with Crippen LogP contribution < -0.4 is 5.32 Å². The van der Waals surface area contributed by atoms with Gasteiger partial charge in [0.15, 0.2) is 0 Å². The molecule has 0 saturated carbocycles. The largest absolute Gasteiger partial charge is 0.395 e. The summed E-state index contributed by atoms with van der Waals surface area (Å²) in [5.74, 6) is 5.90. The van der Waals surface area contributed by atoms with Crippen molar-refractivity contribution in [3.05, 3.63) is 21.9 Å². The molecule has 0 fully saturated rings. The Hall–Kier alpha value is -1.16. The van der Waals surface area contributed by atoms with Crippen LogP contribution in [0.1, 0.15) is 21.7 Å². The van der Waals surface area contributed by atoms with E-state index in [-0.39, 0.29) is 12.5 Å². The van der Waals surface area contributed by atoms with E-state index in [1.165, 1.54) is 11.3 Å². The number of hydrogen-bond donors (Lipinski definition) is 2. The molecule has 0 bridgehead atoms. The molecule has 0 aromatic carbocycles. The van der Waals surface area contributed by atoms with E-state index in [0.29, 0.717) is 29.2 Å². The summed E-state index contributed by atoms with van der Waals surface area (Å²) in [6.45, 7) is 0.407. The summed E-state index contributed by atoms with van der Waals surface area (Å²) in [7, 11) is -0.907. The van der Waals surface area contributed by atoms with Gasteiger partial charge in [-0.2, -0.15) is 0 Å². The quantitative estimate of drug-likeness (QED) is 0.778. The molecule has 1 atom stereocenters. The molecule has 1 aromatic heterocycles. The predicted molar refractivity (Wildman–Crippen MR) is 74.2 cm³/mol. The highest BCUT2D eigenvalue weighted by Gasteiger charge is 2.11. The number of thiophene rings is 1. The van der Waals surface area contributed by atoms with Crippen LogP contribution in [0.15, 0.2) is 11.4 Å². The Bertz CT molecular complexity index is 485. The summed E-state index contributed by atoms with van der Waals surface area (Å²) in [4.78, 5) is 12.4. The van der Waals surface area contributed by atoms with Gasteiger partial charge in [-0.15, -0.1) is 11.3 Å². The third-order valence-electron chi connectivity index (χ3n) is 2.01. The fourth-order valence-electron chi connectivity index (χ4n) is 1.19. The van der Waals surface area contributed by atoms with Crippen LogP contribution in [0.5, 0.6) is 0 Å². The zero-order valence-corrected chi connectivity index (χ0v) is 11.7. The van der Waals surface area contributed by atoms with E-state index >= 15 is 0 Å². The van der Waals surface area contributed by atoms with E-state index in [4.69, 9.17) is 5.11 Å². The van der Waals surface area contributed by atoms with Crippen molar-refractivity contribution in [2.45, 2.75) is 6.42 Å². The standard InChI is InChI=1S/C12H15NO3S2/c1-18(16)9-6-13-12(15)11-10(5-8-17-11)4-2-3-7-14/h5,8,14H,3,6-7,9H2,1H3,(H,13,15). The number of nitrogens with one attached hydrogen (secondary N) is 1. The van der Waals surface area contributed by atoms with Gasteiger partial charge in [-0.3, -0.25) is 9.00 Å². The lowest BCUT2D eigenvalue weighted by Crippen LogP contribution is -2.27. The van der Waals surface area contributed by atoms with Gasteiger partial charge in [0.1, 0.15) is 4.88 Å². The Kier molecular flexibility index (Phi) is 6.65. The monoisotopic (exact) mass is 285 g/mol. The third-order valence-corrected chi connectivity index (χ3v) is 3.70. The van der Waals surface area contributed by atoms with Gasteiger partial charge in [-0.25, -0.2) is 0 Å². The zero-order valence-electron chi connectivity index (χ0n) is 10.1. The number of carbonyl (C=O) groups is 1. The van der Waals surface area contributed by atoms with Crippen LogP contribution in [0.25, 0.3) is 0 Å². The van der Waals surface area contributed by atoms with Crippen molar-refractivity contribution in [2.24, 2.45) is 0 Å². The molecule has 0 aliphatic carbocycles. The van der Waals surface area contributed by atoms with Crippen molar-refractivity contribution in [1.29, 1.82) is 0 Å². The molecule has 1 rings (SSSR count). The van der Waals surface area contributed by atoms with E-state index in [1.807, 2.05) is 0 Å². The summed E-state index contributed by atoms with van der Waals surface area (Å²) in [6, 6.07) is 1.78. The fraction of sp³-hybridized carbons (Fsp3) is 0.417. The lowest BCUT2D eigenvalue weighted by atomic mass is 10.2.